The van der Waals surface area contributed by atoms with Gasteiger partial charge in [-0.1, -0.05) is 17.5 Å². The first-order valence-electron chi connectivity index (χ1n) is 5.96. The van der Waals surface area contributed by atoms with Crippen molar-refractivity contribution >= 4 is 33.3 Å². The van der Waals surface area contributed by atoms with Crippen molar-refractivity contribution in [1.82, 2.24) is 3.97 Å². The van der Waals surface area contributed by atoms with Gasteiger partial charge in [-0.05, 0) is 30.3 Å². The van der Waals surface area contributed by atoms with Gasteiger partial charge in [0.25, 0.3) is 10.0 Å². The zero-order valence-electron chi connectivity index (χ0n) is 11.2. The zero-order chi connectivity index (χ0) is 16.3. The van der Waals surface area contributed by atoms with Gasteiger partial charge in [0.1, 0.15) is 10.6 Å². The van der Waals surface area contributed by atoms with E-state index >= 15 is 0 Å². The van der Waals surface area contributed by atoms with Crippen LogP contribution in [0.4, 0.5) is 5.69 Å². The molecule has 0 amide bonds. The second-order valence-electron chi connectivity index (χ2n) is 4.16. The Hall–Kier alpha value is -2.43. The Kier molecular flexibility index (Phi) is 4.45. The number of ether oxygens (including phenoxy) is 1. The number of rotatable bonds is 4. The van der Waals surface area contributed by atoms with E-state index in [9.17, 15) is 13.2 Å². The Balaban J connectivity index is 2.52. The van der Waals surface area contributed by atoms with Crippen LogP contribution in [0.3, 0.4) is 0 Å². The van der Waals surface area contributed by atoms with Gasteiger partial charge in [-0.25, -0.2) is 17.2 Å². The maximum absolute atomic E-state index is 12.6. The monoisotopic (exact) mass is 338 g/mol. The number of anilines is 1. The van der Waals surface area contributed by atoms with Crippen molar-refractivity contribution in [1.29, 1.82) is 0 Å². The maximum atomic E-state index is 12.6. The second-order valence-corrected chi connectivity index (χ2v) is 6.38. The van der Waals surface area contributed by atoms with Gasteiger partial charge in [0, 0.05) is 11.2 Å². The Bertz CT molecular complexity index is 865. The standard InChI is InChI=1S/C14H11ClN2O4S/c1-2-8-21-14(18)12-4-3-7-17(12)22(19,20)13-9-10(15)5-6-11(13)16/h1,3-7,9H,8,16H2. The van der Waals surface area contributed by atoms with Crippen LogP contribution < -0.4 is 5.73 Å². The van der Waals surface area contributed by atoms with Crippen molar-refractivity contribution in [3.63, 3.8) is 0 Å². The molecule has 0 aliphatic heterocycles. The van der Waals surface area contributed by atoms with Crippen LogP contribution in [0.5, 0.6) is 0 Å². The summed E-state index contributed by atoms with van der Waals surface area (Å²) in [5, 5.41) is 0.205. The lowest BCUT2D eigenvalue weighted by Gasteiger charge is -2.11. The van der Waals surface area contributed by atoms with Gasteiger partial charge in [-0.3, -0.25) is 0 Å². The Morgan fingerprint density at radius 1 is 1.41 bits per heavy atom. The van der Waals surface area contributed by atoms with Crippen molar-refractivity contribution in [3.05, 3.63) is 47.2 Å². The first kappa shape index (κ1) is 15.9. The summed E-state index contributed by atoms with van der Waals surface area (Å²) in [7, 11) is -4.09. The number of esters is 1. The Morgan fingerprint density at radius 2 is 2.14 bits per heavy atom. The Labute approximate surface area is 132 Å². The molecule has 2 aromatic rings. The average molecular weight is 339 g/mol. The van der Waals surface area contributed by atoms with Crippen LogP contribution in [-0.2, 0) is 14.8 Å². The lowest BCUT2D eigenvalue weighted by atomic mass is 10.3. The summed E-state index contributed by atoms with van der Waals surface area (Å²) >= 11 is 5.81. The smallest absolute Gasteiger partial charge is 0.356 e. The number of nitrogen functional groups attached to an aromatic ring is 1. The summed E-state index contributed by atoms with van der Waals surface area (Å²) in [6.45, 7) is -0.261. The third-order valence-corrected chi connectivity index (χ3v) is 4.70. The van der Waals surface area contributed by atoms with Crippen LogP contribution in [0, 0.1) is 12.3 Å². The molecule has 1 aromatic heterocycles. The van der Waals surface area contributed by atoms with Crippen LogP contribution >= 0.6 is 11.6 Å². The summed E-state index contributed by atoms with van der Waals surface area (Å²) < 4.78 is 30.8. The molecule has 0 aliphatic rings. The zero-order valence-corrected chi connectivity index (χ0v) is 12.8. The summed E-state index contributed by atoms with van der Waals surface area (Å²) in [4.78, 5) is 11.6. The molecular weight excluding hydrogens is 328 g/mol. The number of nitrogens with zero attached hydrogens (tertiary/aromatic N) is 1. The number of hydrogen-bond donors (Lipinski definition) is 1. The van der Waals surface area contributed by atoms with Crippen LogP contribution in [0.25, 0.3) is 0 Å². The van der Waals surface area contributed by atoms with Gasteiger partial charge in [-0.15, -0.1) is 6.42 Å². The van der Waals surface area contributed by atoms with Gasteiger partial charge >= 0.3 is 5.97 Å². The SMILES string of the molecule is C#CCOC(=O)c1cccn1S(=O)(=O)c1cc(Cl)ccc1N. The highest BCUT2D eigenvalue weighted by Crippen LogP contribution is 2.26. The van der Waals surface area contributed by atoms with Crippen molar-refractivity contribution in [3.8, 4) is 12.3 Å². The largest absolute Gasteiger partial charge is 0.448 e. The van der Waals surface area contributed by atoms with Gasteiger partial charge in [0.2, 0.25) is 0 Å². The van der Waals surface area contributed by atoms with E-state index in [4.69, 9.17) is 28.5 Å². The van der Waals surface area contributed by atoms with Crippen molar-refractivity contribution in [2.45, 2.75) is 4.90 Å². The maximum Gasteiger partial charge on any atom is 0.356 e. The molecule has 0 radical (unpaired) electrons. The van der Waals surface area contributed by atoms with Crippen LogP contribution in [0.15, 0.2) is 41.4 Å². The normalized spacial score (nSPS) is 10.9. The first-order valence-corrected chi connectivity index (χ1v) is 7.78. The molecule has 22 heavy (non-hydrogen) atoms. The molecule has 2 N–H and O–H groups in total. The van der Waals surface area contributed by atoms with E-state index in [0.29, 0.717) is 0 Å². The van der Waals surface area contributed by atoms with Gasteiger partial charge in [0.15, 0.2) is 6.61 Å². The van der Waals surface area contributed by atoms with Crippen LogP contribution in [-0.4, -0.2) is 25.0 Å². The summed E-state index contributed by atoms with van der Waals surface area (Å²) in [6, 6.07) is 6.74. The second kappa shape index (κ2) is 6.13. The van der Waals surface area contributed by atoms with Gasteiger partial charge in [0.05, 0.1) is 5.69 Å². The van der Waals surface area contributed by atoms with E-state index in [1.807, 2.05) is 0 Å². The number of benzene rings is 1. The fourth-order valence-electron chi connectivity index (χ4n) is 1.75. The van der Waals surface area contributed by atoms with Crippen molar-refractivity contribution in [2.75, 3.05) is 12.3 Å². The number of terminal acetylenes is 1. The number of halogens is 1. The molecule has 6 nitrogen and oxygen atoms in total. The molecule has 2 rings (SSSR count). The minimum atomic E-state index is -4.09. The van der Waals surface area contributed by atoms with Crippen LogP contribution in [0.1, 0.15) is 10.5 Å². The lowest BCUT2D eigenvalue weighted by molar-refractivity contribution is 0.0548. The molecule has 8 heteroatoms. The third kappa shape index (κ3) is 2.93. The molecule has 0 unspecified atom stereocenters. The van der Waals surface area contributed by atoms with E-state index < -0.39 is 16.0 Å². The first-order chi connectivity index (χ1) is 10.4. The fraction of sp³-hybridized carbons (Fsp3) is 0.0714. The lowest BCUT2D eigenvalue weighted by Crippen LogP contribution is -2.20. The molecule has 0 saturated heterocycles. The van der Waals surface area contributed by atoms with Crippen molar-refractivity contribution in [2.24, 2.45) is 0 Å². The molecule has 0 fully saturated rings. The quantitative estimate of drug-likeness (QED) is 0.521. The van der Waals surface area contributed by atoms with E-state index in [0.717, 1.165) is 3.97 Å². The summed E-state index contributed by atoms with van der Waals surface area (Å²) in [5.41, 5.74) is 5.52. The number of carbonyl (C=O) groups excluding carboxylic acids is 1. The average Bonchev–Trinajstić information content (AvgIpc) is 2.97. The van der Waals surface area contributed by atoms with E-state index in [2.05, 4.69) is 5.92 Å². The predicted molar refractivity (Wildman–Crippen MR) is 82.0 cm³/mol. The van der Waals surface area contributed by atoms with E-state index in [-0.39, 0.29) is 27.9 Å². The molecule has 1 aromatic carbocycles. The summed E-state index contributed by atoms with van der Waals surface area (Å²) in [6.07, 6.45) is 6.21. The molecule has 1 heterocycles. The fourth-order valence-corrected chi connectivity index (χ4v) is 3.47. The minimum Gasteiger partial charge on any atom is -0.448 e. The molecule has 0 atom stereocenters. The highest BCUT2D eigenvalue weighted by Gasteiger charge is 2.25. The molecule has 0 saturated carbocycles. The van der Waals surface area contributed by atoms with Crippen LogP contribution in [0.2, 0.25) is 5.02 Å². The van der Waals surface area contributed by atoms with E-state index in [1.54, 1.807) is 0 Å². The Morgan fingerprint density at radius 3 is 2.82 bits per heavy atom. The highest BCUT2D eigenvalue weighted by molar-refractivity contribution is 7.90. The number of aromatic nitrogens is 1. The molecule has 0 spiro atoms. The van der Waals surface area contributed by atoms with Crippen molar-refractivity contribution < 1.29 is 17.9 Å². The molecular formula is C14H11ClN2O4S. The molecule has 0 aliphatic carbocycles. The van der Waals surface area contributed by atoms with E-state index in [1.165, 1.54) is 36.5 Å². The third-order valence-electron chi connectivity index (χ3n) is 2.72. The number of hydrogen-bond acceptors (Lipinski definition) is 5. The number of carbonyl (C=O) groups is 1. The van der Waals surface area contributed by atoms with Gasteiger partial charge < -0.3 is 10.5 Å². The highest BCUT2D eigenvalue weighted by atomic mass is 35.5. The predicted octanol–water partition coefficient (Wildman–Crippen LogP) is 1.75. The minimum absolute atomic E-state index is 0.0149. The molecule has 114 valence electrons. The summed E-state index contributed by atoms with van der Waals surface area (Å²) in [5.74, 6) is 1.27. The molecule has 0 bridgehead atoms. The number of nitrogens with two attached hydrogens (primary N) is 1. The topological polar surface area (TPSA) is 91.4 Å². The van der Waals surface area contributed by atoms with Gasteiger partial charge in [-0.2, -0.15) is 0 Å².